The number of aromatic carboxylic acids is 1. The molecule has 4 aromatic rings. The van der Waals surface area contributed by atoms with Gasteiger partial charge in [0.25, 0.3) is 0 Å². The van der Waals surface area contributed by atoms with Crippen LogP contribution in [0.5, 0.6) is 0 Å². The van der Waals surface area contributed by atoms with E-state index in [1.54, 1.807) is 15.9 Å². The maximum atomic E-state index is 12.2. The SMILES string of the molecule is O=C(O)c1cn2c(cc1=O)-c1oc3c(-c4cccs4)cccc3c1CC2. The van der Waals surface area contributed by atoms with Gasteiger partial charge < -0.3 is 14.1 Å². The lowest BCUT2D eigenvalue weighted by atomic mass is 10.00. The van der Waals surface area contributed by atoms with Gasteiger partial charge in [-0.25, -0.2) is 4.79 Å². The van der Waals surface area contributed by atoms with Crippen LogP contribution in [0.25, 0.3) is 32.9 Å². The number of benzene rings is 1. The van der Waals surface area contributed by atoms with E-state index in [0.29, 0.717) is 18.0 Å². The van der Waals surface area contributed by atoms with Gasteiger partial charge in [0.05, 0.1) is 5.69 Å². The predicted molar refractivity (Wildman–Crippen MR) is 99.9 cm³/mol. The highest BCUT2D eigenvalue weighted by atomic mass is 32.1. The van der Waals surface area contributed by atoms with E-state index >= 15 is 0 Å². The van der Waals surface area contributed by atoms with Crippen molar-refractivity contribution in [2.45, 2.75) is 13.0 Å². The highest BCUT2D eigenvalue weighted by Crippen LogP contribution is 2.41. The Bertz CT molecular complexity index is 1230. The van der Waals surface area contributed by atoms with Crippen molar-refractivity contribution < 1.29 is 14.3 Å². The summed E-state index contributed by atoms with van der Waals surface area (Å²) < 4.78 is 8.02. The molecule has 26 heavy (non-hydrogen) atoms. The Morgan fingerprint density at radius 3 is 2.88 bits per heavy atom. The lowest BCUT2D eigenvalue weighted by Gasteiger charge is -2.18. The monoisotopic (exact) mass is 363 g/mol. The van der Waals surface area contributed by atoms with Gasteiger partial charge in [0.2, 0.25) is 0 Å². The third kappa shape index (κ3) is 2.09. The fourth-order valence-corrected chi connectivity index (χ4v) is 4.35. The molecule has 0 bridgehead atoms. The number of hydrogen-bond acceptors (Lipinski definition) is 4. The number of para-hydroxylation sites is 1. The normalized spacial score (nSPS) is 12.8. The Morgan fingerprint density at radius 1 is 1.23 bits per heavy atom. The number of carboxylic acids is 1. The number of fused-ring (bicyclic) bond motifs is 5. The van der Waals surface area contributed by atoms with Gasteiger partial charge in [-0.1, -0.05) is 18.2 Å². The molecule has 1 N–H and O–H groups in total. The highest BCUT2D eigenvalue weighted by Gasteiger charge is 2.25. The van der Waals surface area contributed by atoms with Crippen LogP contribution in [-0.2, 0) is 13.0 Å². The van der Waals surface area contributed by atoms with Crippen molar-refractivity contribution in [3.8, 4) is 21.9 Å². The second-order valence-corrected chi connectivity index (χ2v) is 7.20. The van der Waals surface area contributed by atoms with E-state index in [2.05, 4.69) is 6.07 Å². The Morgan fingerprint density at radius 2 is 2.12 bits per heavy atom. The summed E-state index contributed by atoms with van der Waals surface area (Å²) >= 11 is 1.65. The summed E-state index contributed by atoms with van der Waals surface area (Å²) in [4.78, 5) is 24.5. The molecule has 0 amide bonds. The van der Waals surface area contributed by atoms with Gasteiger partial charge in [0.15, 0.2) is 11.2 Å². The number of aromatic nitrogens is 1. The molecule has 6 heteroatoms. The molecular weight excluding hydrogens is 350 g/mol. The number of aryl methyl sites for hydroxylation is 2. The van der Waals surface area contributed by atoms with E-state index < -0.39 is 11.4 Å². The summed E-state index contributed by atoms with van der Waals surface area (Å²) in [5.74, 6) is -0.551. The van der Waals surface area contributed by atoms with Gasteiger partial charge in [0, 0.05) is 40.2 Å². The molecule has 0 atom stereocenters. The predicted octanol–water partition coefficient (Wildman–Crippen LogP) is 4.24. The number of nitrogens with zero attached hydrogens (tertiary/aromatic N) is 1. The van der Waals surface area contributed by atoms with Crippen LogP contribution >= 0.6 is 11.3 Å². The molecule has 0 fully saturated rings. The van der Waals surface area contributed by atoms with Crippen molar-refractivity contribution in [3.05, 3.63) is 69.3 Å². The van der Waals surface area contributed by atoms with Crippen LogP contribution in [0, 0.1) is 0 Å². The van der Waals surface area contributed by atoms with Gasteiger partial charge >= 0.3 is 5.97 Å². The quantitative estimate of drug-likeness (QED) is 0.578. The van der Waals surface area contributed by atoms with Crippen LogP contribution in [0.2, 0.25) is 0 Å². The number of hydrogen-bond donors (Lipinski definition) is 1. The van der Waals surface area contributed by atoms with Crippen LogP contribution in [-0.4, -0.2) is 15.6 Å². The molecule has 4 heterocycles. The van der Waals surface area contributed by atoms with E-state index in [9.17, 15) is 14.7 Å². The average molecular weight is 363 g/mol. The standard InChI is InChI=1S/C20H13NO4S/c22-16-9-15-19-12(6-7-21(15)10-14(16)20(23)24)11-3-1-4-13(18(11)25-19)17-5-2-8-26-17/h1-5,8-10H,6-7H2,(H,23,24). The fraction of sp³-hybridized carbons (Fsp3) is 0.100. The maximum Gasteiger partial charge on any atom is 0.341 e. The van der Waals surface area contributed by atoms with Crippen LogP contribution in [0.15, 0.2) is 57.2 Å². The van der Waals surface area contributed by atoms with E-state index in [1.165, 1.54) is 12.3 Å². The summed E-state index contributed by atoms with van der Waals surface area (Å²) in [5, 5.41) is 12.3. The number of furan rings is 1. The minimum atomic E-state index is -1.21. The summed E-state index contributed by atoms with van der Waals surface area (Å²) in [7, 11) is 0. The van der Waals surface area contributed by atoms with E-state index in [1.807, 2.05) is 29.6 Å². The highest BCUT2D eigenvalue weighted by molar-refractivity contribution is 7.13. The Labute approximate surface area is 151 Å². The smallest absolute Gasteiger partial charge is 0.341 e. The van der Waals surface area contributed by atoms with Crippen molar-refractivity contribution >= 4 is 28.3 Å². The molecule has 128 valence electrons. The zero-order chi connectivity index (χ0) is 17.8. The molecule has 1 aromatic carbocycles. The van der Waals surface area contributed by atoms with Crippen LogP contribution in [0.4, 0.5) is 0 Å². The third-order valence-electron chi connectivity index (χ3n) is 4.80. The molecule has 0 aliphatic carbocycles. The van der Waals surface area contributed by atoms with Crippen molar-refractivity contribution in [1.29, 1.82) is 0 Å². The molecule has 0 unspecified atom stereocenters. The summed E-state index contributed by atoms with van der Waals surface area (Å²) in [6.45, 7) is 0.612. The first-order valence-electron chi connectivity index (χ1n) is 8.20. The van der Waals surface area contributed by atoms with E-state index in [4.69, 9.17) is 4.42 Å². The van der Waals surface area contributed by atoms with Crippen molar-refractivity contribution in [1.82, 2.24) is 4.57 Å². The first kappa shape index (κ1) is 15.2. The fourth-order valence-electron chi connectivity index (χ4n) is 3.60. The van der Waals surface area contributed by atoms with Crippen LogP contribution in [0.1, 0.15) is 15.9 Å². The van der Waals surface area contributed by atoms with Gasteiger partial charge in [-0.2, -0.15) is 0 Å². The minimum absolute atomic E-state index is 0.215. The zero-order valence-corrected chi connectivity index (χ0v) is 14.4. The van der Waals surface area contributed by atoms with Gasteiger partial charge in [-0.3, -0.25) is 4.79 Å². The number of carbonyl (C=O) groups is 1. The minimum Gasteiger partial charge on any atom is -0.477 e. The van der Waals surface area contributed by atoms with Crippen molar-refractivity contribution in [3.63, 3.8) is 0 Å². The van der Waals surface area contributed by atoms with Gasteiger partial charge in [0.1, 0.15) is 11.1 Å². The number of carboxylic acid groups (broad SMARTS) is 1. The number of rotatable bonds is 2. The van der Waals surface area contributed by atoms with Gasteiger partial charge in [-0.15, -0.1) is 11.3 Å². The average Bonchev–Trinajstić information content (AvgIpc) is 3.28. The van der Waals surface area contributed by atoms with E-state index in [0.717, 1.165) is 33.4 Å². The molecule has 1 aliphatic rings. The summed E-state index contributed by atoms with van der Waals surface area (Å²) in [6.07, 6.45) is 2.14. The molecule has 3 aromatic heterocycles. The topological polar surface area (TPSA) is 72.4 Å². The zero-order valence-electron chi connectivity index (χ0n) is 13.6. The van der Waals surface area contributed by atoms with E-state index in [-0.39, 0.29) is 5.56 Å². The molecule has 0 spiro atoms. The van der Waals surface area contributed by atoms with Crippen molar-refractivity contribution in [2.75, 3.05) is 0 Å². The second-order valence-electron chi connectivity index (χ2n) is 6.25. The summed E-state index contributed by atoms with van der Waals surface area (Å²) in [6, 6.07) is 11.5. The molecule has 1 aliphatic heterocycles. The first-order chi connectivity index (χ1) is 12.6. The second kappa shape index (κ2) is 5.44. The lowest BCUT2D eigenvalue weighted by Crippen LogP contribution is -2.21. The third-order valence-corrected chi connectivity index (χ3v) is 5.70. The molecular formula is C20H13NO4S. The molecule has 0 saturated carbocycles. The molecule has 5 nitrogen and oxygen atoms in total. The molecule has 0 saturated heterocycles. The summed E-state index contributed by atoms with van der Waals surface area (Å²) in [5.41, 5.74) is 2.82. The largest absolute Gasteiger partial charge is 0.477 e. The van der Waals surface area contributed by atoms with Crippen LogP contribution < -0.4 is 5.43 Å². The van der Waals surface area contributed by atoms with Crippen molar-refractivity contribution in [2.24, 2.45) is 0 Å². The Balaban J connectivity index is 1.79. The molecule has 0 radical (unpaired) electrons. The number of pyridine rings is 1. The number of thiophene rings is 1. The Hall–Kier alpha value is -3.12. The molecule has 5 rings (SSSR count). The maximum absolute atomic E-state index is 12.2. The van der Waals surface area contributed by atoms with Crippen LogP contribution in [0.3, 0.4) is 0 Å². The van der Waals surface area contributed by atoms with Gasteiger partial charge in [-0.05, 0) is 23.9 Å². The first-order valence-corrected chi connectivity index (χ1v) is 9.08. The Kier molecular flexibility index (Phi) is 3.17. The lowest BCUT2D eigenvalue weighted by molar-refractivity contribution is 0.0694.